The molecule has 2 nitrogen and oxygen atoms in total. The highest BCUT2D eigenvalue weighted by Gasteiger charge is 2.60. The zero-order valence-corrected chi connectivity index (χ0v) is 10.1. The number of oxime groups is 1. The van der Waals surface area contributed by atoms with Crippen LogP contribution in [0.2, 0.25) is 10.0 Å². The summed E-state index contributed by atoms with van der Waals surface area (Å²) in [6, 6.07) is 5.83. The van der Waals surface area contributed by atoms with Crippen LogP contribution in [0.4, 0.5) is 0 Å². The topological polar surface area (TPSA) is 32.6 Å². The van der Waals surface area contributed by atoms with E-state index in [2.05, 4.69) is 5.16 Å². The molecule has 2 aliphatic rings. The van der Waals surface area contributed by atoms with Gasteiger partial charge in [0.1, 0.15) is 0 Å². The van der Waals surface area contributed by atoms with Gasteiger partial charge in [-0.05, 0) is 42.9 Å². The van der Waals surface area contributed by atoms with Crippen molar-refractivity contribution < 1.29 is 5.21 Å². The van der Waals surface area contributed by atoms with Gasteiger partial charge in [-0.3, -0.25) is 0 Å². The summed E-state index contributed by atoms with van der Waals surface area (Å²) >= 11 is 11.9. The Morgan fingerprint density at radius 1 is 1.31 bits per heavy atom. The first-order chi connectivity index (χ1) is 7.65. The maximum absolute atomic E-state index is 8.81. The summed E-state index contributed by atoms with van der Waals surface area (Å²) in [6.45, 7) is 0. The van der Waals surface area contributed by atoms with Gasteiger partial charge in [-0.15, -0.1) is 0 Å². The van der Waals surface area contributed by atoms with Crippen LogP contribution in [-0.4, -0.2) is 10.9 Å². The number of fused-ring (bicyclic) bond motifs is 1. The third-order valence-electron chi connectivity index (χ3n) is 3.87. The van der Waals surface area contributed by atoms with E-state index in [9.17, 15) is 0 Å². The monoisotopic (exact) mass is 255 g/mol. The summed E-state index contributed by atoms with van der Waals surface area (Å²) in [5.41, 5.74) is 2.31. The van der Waals surface area contributed by atoms with Gasteiger partial charge in [-0.2, -0.15) is 0 Å². The Hall–Kier alpha value is -0.730. The maximum atomic E-state index is 8.81. The normalized spacial score (nSPS) is 34.1. The molecule has 1 aromatic carbocycles. The molecule has 0 saturated heterocycles. The fraction of sp³-hybridized carbons (Fsp3) is 0.417. The SMILES string of the molecule is ON=C1C[C@@H]2CC2(c2ccc(Cl)c(Cl)c2)C1. The van der Waals surface area contributed by atoms with Crippen LogP contribution in [0.25, 0.3) is 0 Å². The van der Waals surface area contributed by atoms with Crippen LogP contribution in [0.3, 0.4) is 0 Å². The van der Waals surface area contributed by atoms with Crippen molar-refractivity contribution in [1.82, 2.24) is 0 Å². The van der Waals surface area contributed by atoms with Gasteiger partial charge in [0.15, 0.2) is 0 Å². The molecule has 84 valence electrons. The predicted octanol–water partition coefficient (Wildman–Crippen LogP) is 3.88. The first-order valence-electron chi connectivity index (χ1n) is 5.31. The molecule has 0 radical (unpaired) electrons. The zero-order chi connectivity index (χ0) is 11.3. The summed E-state index contributed by atoms with van der Waals surface area (Å²) in [7, 11) is 0. The lowest BCUT2D eigenvalue weighted by atomic mass is 9.93. The van der Waals surface area contributed by atoms with Crippen molar-refractivity contribution in [1.29, 1.82) is 0 Å². The summed E-state index contributed by atoms with van der Waals surface area (Å²) < 4.78 is 0. The number of rotatable bonds is 1. The molecule has 0 bridgehead atoms. The van der Waals surface area contributed by atoms with Gasteiger partial charge in [0.2, 0.25) is 0 Å². The Morgan fingerprint density at radius 3 is 2.75 bits per heavy atom. The highest BCUT2D eigenvalue weighted by atomic mass is 35.5. The van der Waals surface area contributed by atoms with E-state index in [1.54, 1.807) is 0 Å². The van der Waals surface area contributed by atoms with Crippen LogP contribution in [0.15, 0.2) is 23.4 Å². The maximum Gasteiger partial charge on any atom is 0.0595 e. The van der Waals surface area contributed by atoms with Gasteiger partial charge in [0.25, 0.3) is 0 Å². The molecule has 0 aliphatic heterocycles. The fourth-order valence-electron chi connectivity index (χ4n) is 2.92. The van der Waals surface area contributed by atoms with Crippen LogP contribution in [0.1, 0.15) is 24.8 Å². The molecule has 2 saturated carbocycles. The van der Waals surface area contributed by atoms with E-state index in [1.807, 2.05) is 18.2 Å². The number of hydrogen-bond acceptors (Lipinski definition) is 2. The van der Waals surface area contributed by atoms with E-state index in [0.29, 0.717) is 16.0 Å². The van der Waals surface area contributed by atoms with Crippen LogP contribution < -0.4 is 0 Å². The third kappa shape index (κ3) is 1.36. The molecule has 1 aromatic rings. The van der Waals surface area contributed by atoms with Crippen molar-refractivity contribution >= 4 is 28.9 Å². The number of halogens is 2. The summed E-state index contributed by atoms with van der Waals surface area (Å²) in [5, 5.41) is 13.3. The number of hydrogen-bond donors (Lipinski definition) is 1. The number of nitrogens with zero attached hydrogens (tertiary/aromatic N) is 1. The quantitative estimate of drug-likeness (QED) is 0.600. The average molecular weight is 256 g/mol. The summed E-state index contributed by atoms with van der Waals surface area (Å²) in [4.78, 5) is 0. The van der Waals surface area contributed by atoms with Crippen LogP contribution in [-0.2, 0) is 5.41 Å². The smallest absolute Gasteiger partial charge is 0.0595 e. The summed E-state index contributed by atoms with van der Waals surface area (Å²) in [5.74, 6) is 0.621. The number of benzene rings is 1. The third-order valence-corrected chi connectivity index (χ3v) is 4.61. The molecule has 2 fully saturated rings. The fourth-order valence-corrected chi connectivity index (χ4v) is 3.22. The largest absolute Gasteiger partial charge is 0.411 e. The minimum atomic E-state index is 0.176. The molecule has 0 heterocycles. The average Bonchev–Trinajstić information content (AvgIpc) is 2.86. The second-order valence-electron chi connectivity index (χ2n) is 4.73. The highest BCUT2D eigenvalue weighted by molar-refractivity contribution is 6.42. The molecule has 1 unspecified atom stereocenters. The van der Waals surface area contributed by atoms with Gasteiger partial charge < -0.3 is 5.21 Å². The lowest BCUT2D eigenvalue weighted by Gasteiger charge is -2.12. The minimum absolute atomic E-state index is 0.176. The summed E-state index contributed by atoms with van der Waals surface area (Å²) in [6.07, 6.45) is 2.94. The van der Waals surface area contributed by atoms with Crippen molar-refractivity contribution in [2.45, 2.75) is 24.7 Å². The first kappa shape index (κ1) is 10.4. The Balaban J connectivity index is 1.97. The van der Waals surface area contributed by atoms with Crippen LogP contribution >= 0.6 is 23.2 Å². The minimum Gasteiger partial charge on any atom is -0.411 e. The predicted molar refractivity (Wildman–Crippen MR) is 64.7 cm³/mol. The molecular weight excluding hydrogens is 245 g/mol. The van der Waals surface area contributed by atoms with E-state index in [4.69, 9.17) is 28.4 Å². The van der Waals surface area contributed by atoms with Crippen molar-refractivity contribution in [3.05, 3.63) is 33.8 Å². The van der Waals surface area contributed by atoms with E-state index >= 15 is 0 Å². The lowest BCUT2D eigenvalue weighted by molar-refractivity contribution is 0.316. The van der Waals surface area contributed by atoms with Gasteiger partial charge >= 0.3 is 0 Å². The molecule has 16 heavy (non-hydrogen) atoms. The molecule has 0 spiro atoms. The van der Waals surface area contributed by atoms with E-state index in [0.717, 1.165) is 18.6 Å². The molecule has 3 rings (SSSR count). The molecular formula is C12H11Cl2NO. The molecule has 0 amide bonds. The standard InChI is InChI=1S/C12H11Cl2NO/c13-10-2-1-7(4-11(10)14)12-5-8(12)3-9(6-12)15-16/h1-2,4,8,16H,3,5-6H2/t8-,12?/m1/s1. The Bertz CT molecular complexity index is 486. The van der Waals surface area contributed by atoms with Gasteiger partial charge in [-0.1, -0.05) is 34.4 Å². The van der Waals surface area contributed by atoms with Crippen molar-refractivity contribution in [2.75, 3.05) is 0 Å². The zero-order valence-electron chi connectivity index (χ0n) is 8.58. The highest BCUT2D eigenvalue weighted by Crippen LogP contribution is 2.63. The Morgan fingerprint density at radius 2 is 2.12 bits per heavy atom. The lowest BCUT2D eigenvalue weighted by Crippen LogP contribution is -2.07. The van der Waals surface area contributed by atoms with E-state index < -0.39 is 0 Å². The molecule has 0 aromatic heterocycles. The van der Waals surface area contributed by atoms with Gasteiger partial charge in [-0.25, -0.2) is 0 Å². The van der Waals surface area contributed by atoms with Crippen molar-refractivity contribution in [3.63, 3.8) is 0 Å². The van der Waals surface area contributed by atoms with E-state index in [-0.39, 0.29) is 5.41 Å². The van der Waals surface area contributed by atoms with Crippen LogP contribution in [0.5, 0.6) is 0 Å². The van der Waals surface area contributed by atoms with E-state index in [1.165, 1.54) is 12.0 Å². The molecule has 4 heteroatoms. The van der Waals surface area contributed by atoms with Crippen molar-refractivity contribution in [3.8, 4) is 0 Å². The Kier molecular flexibility index (Phi) is 2.20. The van der Waals surface area contributed by atoms with Crippen LogP contribution in [0, 0.1) is 5.92 Å². The first-order valence-corrected chi connectivity index (χ1v) is 6.06. The Labute approximate surface area is 104 Å². The molecule has 2 atom stereocenters. The molecule has 2 aliphatic carbocycles. The van der Waals surface area contributed by atoms with Gasteiger partial charge in [0.05, 0.1) is 15.8 Å². The van der Waals surface area contributed by atoms with Gasteiger partial charge in [0, 0.05) is 5.41 Å². The second kappa shape index (κ2) is 3.38. The second-order valence-corrected chi connectivity index (χ2v) is 5.55. The molecule has 1 N–H and O–H groups in total. The van der Waals surface area contributed by atoms with Crippen molar-refractivity contribution in [2.24, 2.45) is 11.1 Å².